The number of alkyl halides is 2. The van der Waals surface area contributed by atoms with Crippen LogP contribution in [0.5, 0.6) is 0 Å². The number of hydrogen-bond acceptors (Lipinski definition) is 3. The highest BCUT2D eigenvalue weighted by Crippen LogP contribution is 2.18. The van der Waals surface area contributed by atoms with Gasteiger partial charge in [0.05, 0.1) is 0 Å². The number of hydrogen-bond donors (Lipinski definition) is 0. The number of benzene rings is 1. The van der Waals surface area contributed by atoms with Crippen molar-refractivity contribution in [2.75, 3.05) is 26.2 Å². The minimum absolute atomic E-state index is 0.0104. The second-order valence-corrected chi connectivity index (χ2v) is 6.81. The van der Waals surface area contributed by atoms with Gasteiger partial charge in [0.15, 0.2) is 0 Å². The topological polar surface area (TPSA) is 41.4 Å². The van der Waals surface area contributed by atoms with Gasteiger partial charge in [-0.2, -0.15) is 5.10 Å². The normalized spacial score (nSPS) is 15.7. The number of carbonyl (C=O) groups excluding carboxylic acids is 1. The number of rotatable bonds is 5. The Morgan fingerprint density at radius 1 is 1.12 bits per heavy atom. The molecule has 1 aliphatic heterocycles. The number of amides is 1. The Balaban J connectivity index is 1.51. The first-order valence-electron chi connectivity index (χ1n) is 8.80. The van der Waals surface area contributed by atoms with Crippen molar-refractivity contribution < 1.29 is 13.6 Å². The summed E-state index contributed by atoms with van der Waals surface area (Å²) >= 11 is 0. The molecule has 140 valence electrons. The van der Waals surface area contributed by atoms with Crippen LogP contribution in [0.15, 0.2) is 30.3 Å². The minimum Gasteiger partial charge on any atom is -0.339 e. The lowest BCUT2D eigenvalue weighted by Crippen LogP contribution is -2.49. The van der Waals surface area contributed by atoms with Gasteiger partial charge in [-0.25, -0.2) is 8.78 Å². The van der Waals surface area contributed by atoms with Crippen LogP contribution in [0, 0.1) is 13.8 Å². The molecule has 0 bridgehead atoms. The number of aryl methyl sites for hydroxylation is 2. The molecular weight excluding hydrogens is 338 g/mol. The second-order valence-electron chi connectivity index (χ2n) is 6.81. The maximum Gasteiger partial charge on any atom is 0.282 e. The smallest absolute Gasteiger partial charge is 0.282 e. The summed E-state index contributed by atoms with van der Waals surface area (Å²) in [6.07, 6.45) is -2.62. The molecule has 3 rings (SSSR count). The Labute approximate surface area is 152 Å². The number of nitrogens with zero attached hydrogens (tertiary/aromatic N) is 4. The zero-order valence-electron chi connectivity index (χ0n) is 15.2. The Hall–Kier alpha value is -2.28. The highest BCUT2D eigenvalue weighted by atomic mass is 19.3. The standard InChI is InChI=1S/C19H24F2N4O/c1-14-3-5-16(6-4-14)12-23-7-9-24(10-8-23)18(26)13-25-15(2)11-17(22-25)19(20)21/h3-6,11,19H,7-10,12-13H2,1-2H3. The molecule has 1 aliphatic rings. The predicted molar refractivity (Wildman–Crippen MR) is 95.0 cm³/mol. The molecule has 0 spiro atoms. The van der Waals surface area contributed by atoms with E-state index in [0.29, 0.717) is 18.8 Å². The van der Waals surface area contributed by atoms with E-state index >= 15 is 0 Å². The third-order valence-electron chi connectivity index (χ3n) is 4.76. The van der Waals surface area contributed by atoms with Crippen molar-refractivity contribution in [3.8, 4) is 0 Å². The quantitative estimate of drug-likeness (QED) is 0.821. The first-order chi connectivity index (χ1) is 12.4. The van der Waals surface area contributed by atoms with E-state index in [-0.39, 0.29) is 18.1 Å². The van der Waals surface area contributed by atoms with Crippen LogP contribution >= 0.6 is 0 Å². The van der Waals surface area contributed by atoms with E-state index in [1.807, 2.05) is 0 Å². The second kappa shape index (κ2) is 7.95. The Bertz CT molecular complexity index is 749. The van der Waals surface area contributed by atoms with Crippen LogP contribution in [0.3, 0.4) is 0 Å². The summed E-state index contributed by atoms with van der Waals surface area (Å²) in [6.45, 7) is 7.54. The number of piperazine rings is 1. The van der Waals surface area contributed by atoms with Crippen molar-refractivity contribution in [1.29, 1.82) is 0 Å². The van der Waals surface area contributed by atoms with Gasteiger partial charge in [0.25, 0.3) is 6.43 Å². The molecule has 5 nitrogen and oxygen atoms in total. The molecule has 1 saturated heterocycles. The molecule has 0 atom stereocenters. The van der Waals surface area contributed by atoms with Crippen LogP contribution in [0.1, 0.15) is 28.9 Å². The fourth-order valence-corrected chi connectivity index (χ4v) is 3.14. The van der Waals surface area contributed by atoms with Crippen LogP contribution in [0.25, 0.3) is 0 Å². The molecule has 1 amide bonds. The zero-order valence-corrected chi connectivity index (χ0v) is 15.2. The molecule has 0 aliphatic carbocycles. The summed E-state index contributed by atoms with van der Waals surface area (Å²) in [5, 5.41) is 3.83. The van der Waals surface area contributed by atoms with Crippen molar-refractivity contribution in [1.82, 2.24) is 19.6 Å². The van der Waals surface area contributed by atoms with Crippen molar-refractivity contribution in [3.05, 3.63) is 52.8 Å². The van der Waals surface area contributed by atoms with Gasteiger partial charge >= 0.3 is 0 Å². The van der Waals surface area contributed by atoms with Crippen LogP contribution in [-0.4, -0.2) is 51.7 Å². The van der Waals surface area contributed by atoms with Crippen molar-refractivity contribution in [2.24, 2.45) is 0 Å². The van der Waals surface area contributed by atoms with Crippen molar-refractivity contribution >= 4 is 5.91 Å². The zero-order chi connectivity index (χ0) is 18.7. The van der Waals surface area contributed by atoms with E-state index in [0.717, 1.165) is 19.6 Å². The average molecular weight is 362 g/mol. The molecule has 2 aromatic rings. The number of halogens is 2. The Morgan fingerprint density at radius 2 is 1.77 bits per heavy atom. The summed E-state index contributed by atoms with van der Waals surface area (Å²) in [7, 11) is 0. The molecule has 0 saturated carbocycles. The molecule has 0 N–H and O–H groups in total. The van der Waals surface area contributed by atoms with E-state index in [9.17, 15) is 13.6 Å². The van der Waals surface area contributed by atoms with Crippen molar-refractivity contribution in [3.63, 3.8) is 0 Å². The molecule has 26 heavy (non-hydrogen) atoms. The van der Waals surface area contributed by atoms with Gasteiger partial charge in [-0.3, -0.25) is 14.4 Å². The SMILES string of the molecule is Cc1ccc(CN2CCN(C(=O)Cn3nc(C(F)F)cc3C)CC2)cc1. The fraction of sp³-hybridized carbons (Fsp3) is 0.474. The highest BCUT2D eigenvalue weighted by molar-refractivity contribution is 5.76. The largest absolute Gasteiger partial charge is 0.339 e. The number of aromatic nitrogens is 2. The van der Waals surface area contributed by atoms with Gasteiger partial charge in [-0.05, 0) is 25.5 Å². The van der Waals surface area contributed by atoms with Crippen LogP contribution in [-0.2, 0) is 17.9 Å². The lowest BCUT2D eigenvalue weighted by molar-refractivity contribution is -0.133. The molecular formula is C19H24F2N4O. The average Bonchev–Trinajstić information content (AvgIpc) is 2.98. The van der Waals surface area contributed by atoms with Gasteiger partial charge in [-0.15, -0.1) is 0 Å². The summed E-state index contributed by atoms with van der Waals surface area (Å²) < 4.78 is 26.8. The molecule has 0 radical (unpaired) electrons. The first-order valence-corrected chi connectivity index (χ1v) is 8.80. The van der Waals surface area contributed by atoms with Gasteiger partial charge in [0.2, 0.25) is 5.91 Å². The maximum absolute atomic E-state index is 12.7. The van der Waals surface area contributed by atoms with Gasteiger partial charge in [-0.1, -0.05) is 29.8 Å². The summed E-state index contributed by atoms with van der Waals surface area (Å²) in [4.78, 5) is 16.6. The van der Waals surface area contributed by atoms with Crippen LogP contribution < -0.4 is 0 Å². The highest BCUT2D eigenvalue weighted by Gasteiger charge is 2.22. The van der Waals surface area contributed by atoms with E-state index < -0.39 is 6.43 Å². The van der Waals surface area contributed by atoms with Gasteiger partial charge < -0.3 is 4.90 Å². The predicted octanol–water partition coefficient (Wildman–Crippen LogP) is 2.78. The van der Waals surface area contributed by atoms with E-state index in [1.165, 1.54) is 21.9 Å². The maximum atomic E-state index is 12.7. The van der Waals surface area contributed by atoms with Gasteiger partial charge in [0.1, 0.15) is 12.2 Å². The van der Waals surface area contributed by atoms with Gasteiger partial charge in [0, 0.05) is 38.4 Å². The lowest BCUT2D eigenvalue weighted by Gasteiger charge is -2.34. The summed E-state index contributed by atoms with van der Waals surface area (Å²) in [6, 6.07) is 9.81. The third kappa shape index (κ3) is 4.46. The first kappa shape index (κ1) is 18.5. The summed E-state index contributed by atoms with van der Waals surface area (Å²) in [5.41, 5.74) is 2.81. The Morgan fingerprint density at radius 3 is 2.35 bits per heavy atom. The Kier molecular flexibility index (Phi) is 5.66. The molecule has 2 heterocycles. The van der Waals surface area contributed by atoms with Crippen molar-refractivity contribution in [2.45, 2.75) is 33.4 Å². The van der Waals surface area contributed by atoms with E-state index in [1.54, 1.807) is 11.8 Å². The molecule has 1 fully saturated rings. The van der Waals surface area contributed by atoms with E-state index in [2.05, 4.69) is 41.2 Å². The van der Waals surface area contributed by atoms with Crippen LogP contribution in [0.2, 0.25) is 0 Å². The molecule has 0 unspecified atom stereocenters. The monoisotopic (exact) mass is 362 g/mol. The molecule has 1 aromatic carbocycles. The molecule has 7 heteroatoms. The number of carbonyl (C=O) groups is 1. The lowest BCUT2D eigenvalue weighted by atomic mass is 10.1. The van der Waals surface area contributed by atoms with E-state index in [4.69, 9.17) is 0 Å². The van der Waals surface area contributed by atoms with Crippen LogP contribution in [0.4, 0.5) is 8.78 Å². The summed E-state index contributed by atoms with van der Waals surface area (Å²) in [5.74, 6) is -0.0768. The third-order valence-corrected chi connectivity index (χ3v) is 4.76. The molecule has 1 aromatic heterocycles. The minimum atomic E-state index is -2.62. The fourth-order valence-electron chi connectivity index (χ4n) is 3.14.